The summed E-state index contributed by atoms with van der Waals surface area (Å²) in [5.41, 5.74) is 0.717. The second-order valence-corrected chi connectivity index (χ2v) is 4.53. The van der Waals surface area contributed by atoms with Crippen molar-refractivity contribution in [1.82, 2.24) is 10.3 Å². The van der Waals surface area contributed by atoms with E-state index >= 15 is 0 Å². The van der Waals surface area contributed by atoms with Crippen molar-refractivity contribution in [1.29, 1.82) is 0 Å². The zero-order chi connectivity index (χ0) is 12.1. The molecule has 0 aromatic carbocycles. The Hall–Kier alpha value is -1.00. The number of rotatable bonds is 4. The smallest absolute Gasteiger partial charge is 0.146 e. The first-order chi connectivity index (χ1) is 8.31. The van der Waals surface area contributed by atoms with Crippen LogP contribution in [0.4, 0.5) is 4.39 Å². The zero-order valence-electron chi connectivity index (χ0n) is 10.2. The van der Waals surface area contributed by atoms with Gasteiger partial charge in [-0.1, -0.05) is 0 Å². The fourth-order valence-electron chi connectivity index (χ4n) is 2.38. The SMILES string of the molecule is CNC(CC1CCOCC1)c1ccncc1F. The van der Waals surface area contributed by atoms with Gasteiger partial charge < -0.3 is 10.1 Å². The topological polar surface area (TPSA) is 34.1 Å². The summed E-state index contributed by atoms with van der Waals surface area (Å²) in [5.74, 6) is 0.396. The molecule has 1 aliphatic heterocycles. The molecule has 1 aliphatic rings. The predicted octanol–water partition coefficient (Wildman–Crippen LogP) is 2.30. The Balaban J connectivity index is 2.03. The molecule has 0 bridgehead atoms. The van der Waals surface area contributed by atoms with Crippen molar-refractivity contribution in [3.05, 3.63) is 29.8 Å². The maximum Gasteiger partial charge on any atom is 0.146 e. The molecule has 4 heteroatoms. The summed E-state index contributed by atoms with van der Waals surface area (Å²) in [7, 11) is 1.88. The molecule has 0 spiro atoms. The Bertz CT molecular complexity index is 353. The first-order valence-corrected chi connectivity index (χ1v) is 6.15. The van der Waals surface area contributed by atoms with Crippen molar-refractivity contribution >= 4 is 0 Å². The Morgan fingerprint density at radius 2 is 2.29 bits per heavy atom. The monoisotopic (exact) mass is 238 g/mol. The number of aromatic nitrogens is 1. The van der Waals surface area contributed by atoms with Gasteiger partial charge in [-0.2, -0.15) is 0 Å². The number of nitrogens with one attached hydrogen (secondary N) is 1. The highest BCUT2D eigenvalue weighted by Gasteiger charge is 2.21. The van der Waals surface area contributed by atoms with Gasteiger partial charge in [0.25, 0.3) is 0 Å². The summed E-state index contributed by atoms with van der Waals surface area (Å²) in [6.07, 6.45) is 6.03. The highest BCUT2D eigenvalue weighted by atomic mass is 19.1. The Morgan fingerprint density at radius 3 is 2.94 bits per heavy atom. The summed E-state index contributed by atoms with van der Waals surface area (Å²) >= 11 is 0. The van der Waals surface area contributed by atoms with Gasteiger partial charge in [-0.3, -0.25) is 4.98 Å². The van der Waals surface area contributed by atoms with Crippen molar-refractivity contribution in [2.24, 2.45) is 5.92 Å². The van der Waals surface area contributed by atoms with Gasteiger partial charge in [0, 0.05) is 31.0 Å². The highest BCUT2D eigenvalue weighted by molar-refractivity contribution is 5.17. The summed E-state index contributed by atoms with van der Waals surface area (Å²) in [6, 6.07) is 1.83. The average Bonchev–Trinajstić information content (AvgIpc) is 2.38. The van der Waals surface area contributed by atoms with Crippen LogP contribution in [0.5, 0.6) is 0 Å². The van der Waals surface area contributed by atoms with Crippen molar-refractivity contribution in [3.8, 4) is 0 Å². The molecule has 94 valence electrons. The van der Waals surface area contributed by atoms with Gasteiger partial charge in [0.15, 0.2) is 0 Å². The lowest BCUT2D eigenvalue weighted by atomic mass is 9.89. The standard InChI is InChI=1S/C13H19FN2O/c1-15-13(8-10-3-6-17-7-4-10)11-2-5-16-9-12(11)14/h2,5,9-10,13,15H,3-4,6-8H2,1H3. The summed E-state index contributed by atoms with van der Waals surface area (Å²) < 4.78 is 19.0. The molecule has 1 fully saturated rings. The van der Waals surface area contributed by atoms with Crippen molar-refractivity contribution in [2.45, 2.75) is 25.3 Å². The van der Waals surface area contributed by atoms with Gasteiger partial charge in [-0.25, -0.2) is 4.39 Å². The largest absolute Gasteiger partial charge is 0.381 e. The number of nitrogens with zero attached hydrogens (tertiary/aromatic N) is 1. The van der Waals surface area contributed by atoms with E-state index in [2.05, 4.69) is 10.3 Å². The van der Waals surface area contributed by atoms with Crippen LogP contribution in [-0.2, 0) is 4.74 Å². The molecule has 2 rings (SSSR count). The second-order valence-electron chi connectivity index (χ2n) is 4.53. The van der Waals surface area contributed by atoms with E-state index in [1.807, 2.05) is 7.05 Å². The van der Waals surface area contributed by atoms with Gasteiger partial charge in [-0.05, 0) is 38.3 Å². The minimum absolute atomic E-state index is 0.0705. The van der Waals surface area contributed by atoms with E-state index in [0.717, 1.165) is 32.5 Å². The summed E-state index contributed by atoms with van der Waals surface area (Å²) in [5, 5.41) is 3.20. The van der Waals surface area contributed by atoms with Crippen LogP contribution >= 0.6 is 0 Å². The Kier molecular flexibility index (Phi) is 4.45. The fraction of sp³-hybridized carbons (Fsp3) is 0.615. The van der Waals surface area contributed by atoms with E-state index in [4.69, 9.17) is 4.74 Å². The zero-order valence-corrected chi connectivity index (χ0v) is 10.2. The third-order valence-corrected chi connectivity index (χ3v) is 3.44. The van der Waals surface area contributed by atoms with E-state index in [1.54, 1.807) is 12.3 Å². The fourth-order valence-corrected chi connectivity index (χ4v) is 2.38. The average molecular weight is 238 g/mol. The van der Waals surface area contributed by atoms with Crippen molar-refractivity contribution in [3.63, 3.8) is 0 Å². The molecule has 1 N–H and O–H groups in total. The van der Waals surface area contributed by atoms with Gasteiger partial charge in [-0.15, -0.1) is 0 Å². The maximum absolute atomic E-state index is 13.7. The first kappa shape index (κ1) is 12.5. The third-order valence-electron chi connectivity index (χ3n) is 3.44. The lowest BCUT2D eigenvalue weighted by Crippen LogP contribution is -2.24. The molecule has 1 aromatic heterocycles. The van der Waals surface area contributed by atoms with Gasteiger partial charge in [0.2, 0.25) is 0 Å². The van der Waals surface area contributed by atoms with Crippen molar-refractivity contribution in [2.75, 3.05) is 20.3 Å². The molecule has 1 saturated heterocycles. The maximum atomic E-state index is 13.7. The van der Waals surface area contributed by atoms with Crippen LogP contribution in [-0.4, -0.2) is 25.2 Å². The highest BCUT2D eigenvalue weighted by Crippen LogP contribution is 2.28. The van der Waals surface area contributed by atoms with Crippen LogP contribution in [0.25, 0.3) is 0 Å². The molecule has 2 heterocycles. The Morgan fingerprint density at radius 1 is 1.53 bits per heavy atom. The lowest BCUT2D eigenvalue weighted by Gasteiger charge is -2.26. The lowest BCUT2D eigenvalue weighted by molar-refractivity contribution is 0.0607. The van der Waals surface area contributed by atoms with Crippen LogP contribution in [0.3, 0.4) is 0 Å². The van der Waals surface area contributed by atoms with Gasteiger partial charge in [0.1, 0.15) is 5.82 Å². The normalized spacial score (nSPS) is 19.2. The van der Waals surface area contributed by atoms with Gasteiger partial charge in [0.05, 0.1) is 6.20 Å². The van der Waals surface area contributed by atoms with Crippen LogP contribution in [0, 0.1) is 11.7 Å². The molecular formula is C13H19FN2O. The van der Waals surface area contributed by atoms with Crippen LogP contribution in [0.15, 0.2) is 18.5 Å². The summed E-state index contributed by atoms with van der Waals surface area (Å²) in [4.78, 5) is 3.79. The quantitative estimate of drug-likeness (QED) is 0.874. The van der Waals surface area contributed by atoms with Crippen LogP contribution in [0.2, 0.25) is 0 Å². The number of ether oxygens (including phenoxy) is 1. The molecule has 17 heavy (non-hydrogen) atoms. The van der Waals surface area contributed by atoms with E-state index in [0.29, 0.717) is 11.5 Å². The van der Waals surface area contributed by atoms with E-state index in [-0.39, 0.29) is 11.9 Å². The third kappa shape index (κ3) is 3.23. The van der Waals surface area contributed by atoms with E-state index in [9.17, 15) is 4.39 Å². The molecule has 0 amide bonds. The summed E-state index contributed by atoms with van der Waals surface area (Å²) in [6.45, 7) is 1.67. The number of halogens is 1. The number of pyridine rings is 1. The molecule has 0 saturated carbocycles. The van der Waals surface area contributed by atoms with Gasteiger partial charge >= 0.3 is 0 Å². The molecule has 1 unspecified atom stereocenters. The molecule has 1 aromatic rings. The molecule has 1 atom stereocenters. The van der Waals surface area contributed by atoms with Crippen LogP contribution in [0.1, 0.15) is 30.9 Å². The second kappa shape index (κ2) is 6.07. The minimum Gasteiger partial charge on any atom is -0.381 e. The number of hydrogen-bond acceptors (Lipinski definition) is 3. The Labute approximate surface area is 101 Å². The molecular weight excluding hydrogens is 219 g/mol. The molecule has 0 aliphatic carbocycles. The van der Waals surface area contributed by atoms with Crippen molar-refractivity contribution < 1.29 is 9.13 Å². The number of hydrogen-bond donors (Lipinski definition) is 1. The molecule has 0 radical (unpaired) electrons. The first-order valence-electron chi connectivity index (χ1n) is 6.15. The predicted molar refractivity (Wildman–Crippen MR) is 64.2 cm³/mol. The van der Waals surface area contributed by atoms with Crippen LogP contribution < -0.4 is 5.32 Å². The molecule has 3 nitrogen and oxygen atoms in total. The van der Waals surface area contributed by atoms with E-state index < -0.39 is 0 Å². The van der Waals surface area contributed by atoms with E-state index in [1.165, 1.54) is 6.20 Å². The minimum atomic E-state index is -0.223.